The molecule has 4 aromatic carbocycles. The highest BCUT2D eigenvalue weighted by Crippen LogP contribution is 2.48. The van der Waals surface area contributed by atoms with Gasteiger partial charge in [0, 0.05) is 0 Å². The second-order valence-corrected chi connectivity index (χ2v) is 5.07. The van der Waals surface area contributed by atoms with Gasteiger partial charge in [0.2, 0.25) is 0 Å². The van der Waals surface area contributed by atoms with Gasteiger partial charge in [-0.05, 0) is 44.5 Å². The van der Waals surface area contributed by atoms with Crippen molar-refractivity contribution < 1.29 is 4.74 Å². The summed E-state index contributed by atoms with van der Waals surface area (Å²) in [5.41, 5.74) is 0. The Labute approximate surface area is 110 Å². The van der Waals surface area contributed by atoms with Gasteiger partial charge in [-0.3, -0.25) is 0 Å². The Morgan fingerprint density at radius 3 is 2.21 bits per heavy atom. The Bertz CT molecular complexity index is 983. The van der Waals surface area contributed by atoms with Crippen molar-refractivity contribution in [3.63, 3.8) is 0 Å². The molecule has 88 valence electrons. The maximum absolute atomic E-state index is 5.42. The number of rotatable bonds is 0. The van der Waals surface area contributed by atoms with E-state index in [2.05, 4.69) is 60.7 Å². The third-order valence-electron chi connectivity index (χ3n) is 3.98. The van der Waals surface area contributed by atoms with E-state index < -0.39 is 0 Å². The fraction of sp³-hybridized carbons (Fsp3) is 0. The molecule has 0 spiro atoms. The van der Waals surface area contributed by atoms with E-state index in [1.165, 1.54) is 32.3 Å². The summed E-state index contributed by atoms with van der Waals surface area (Å²) >= 11 is 0. The SMILES string of the molecule is c1ccc2c(c1)ccc1c3cc4c(cc3ccc21)O4. The Hall–Kier alpha value is -2.54. The van der Waals surface area contributed by atoms with Crippen molar-refractivity contribution in [3.8, 4) is 11.5 Å². The Morgan fingerprint density at radius 2 is 1.26 bits per heavy atom. The first-order valence-electron chi connectivity index (χ1n) is 6.46. The van der Waals surface area contributed by atoms with E-state index in [0.717, 1.165) is 11.5 Å². The Balaban J connectivity index is 2.06. The summed E-state index contributed by atoms with van der Waals surface area (Å²) in [6.45, 7) is 0. The number of ether oxygens (including phenoxy) is 1. The fourth-order valence-corrected chi connectivity index (χ4v) is 2.98. The van der Waals surface area contributed by atoms with Crippen LogP contribution in [0.4, 0.5) is 0 Å². The lowest BCUT2D eigenvalue weighted by molar-refractivity contribution is 0.650. The fourth-order valence-electron chi connectivity index (χ4n) is 2.98. The molecule has 1 nitrogen and oxygen atoms in total. The van der Waals surface area contributed by atoms with Gasteiger partial charge in [-0.2, -0.15) is 0 Å². The van der Waals surface area contributed by atoms with E-state index >= 15 is 0 Å². The van der Waals surface area contributed by atoms with Crippen LogP contribution in [0.3, 0.4) is 0 Å². The highest BCUT2D eigenvalue weighted by atomic mass is 16.6. The van der Waals surface area contributed by atoms with Crippen LogP contribution in [0.1, 0.15) is 0 Å². The topological polar surface area (TPSA) is 12.5 Å². The molecule has 0 aliphatic carbocycles. The molecule has 0 radical (unpaired) electrons. The largest absolute Gasteiger partial charge is 0.449 e. The van der Waals surface area contributed by atoms with Crippen LogP contribution < -0.4 is 4.74 Å². The lowest BCUT2D eigenvalue weighted by Crippen LogP contribution is -1.79. The zero-order valence-electron chi connectivity index (χ0n) is 10.2. The minimum atomic E-state index is 1.02. The van der Waals surface area contributed by atoms with Crippen molar-refractivity contribution in [2.75, 3.05) is 0 Å². The molecule has 0 bridgehead atoms. The lowest BCUT2D eigenvalue weighted by Gasteiger charge is -2.06. The van der Waals surface area contributed by atoms with E-state index in [1.807, 2.05) is 0 Å². The number of hydrogen-bond donors (Lipinski definition) is 0. The molecular weight excluding hydrogens is 232 g/mol. The first kappa shape index (κ1) is 9.40. The molecule has 0 saturated carbocycles. The van der Waals surface area contributed by atoms with Gasteiger partial charge in [-0.1, -0.05) is 48.5 Å². The predicted octanol–water partition coefficient (Wildman–Crippen LogP) is 5.25. The Morgan fingerprint density at radius 1 is 0.526 bits per heavy atom. The molecule has 0 N–H and O–H groups in total. The number of fused-ring (bicyclic) bond motifs is 6. The predicted molar refractivity (Wildman–Crippen MR) is 79.0 cm³/mol. The van der Waals surface area contributed by atoms with E-state index in [9.17, 15) is 0 Å². The number of benzene rings is 4. The monoisotopic (exact) mass is 242 g/mol. The van der Waals surface area contributed by atoms with E-state index in [-0.39, 0.29) is 0 Å². The smallest absolute Gasteiger partial charge is 0.170 e. The molecule has 1 aliphatic heterocycles. The van der Waals surface area contributed by atoms with E-state index in [0.29, 0.717) is 0 Å². The van der Waals surface area contributed by atoms with Crippen LogP contribution in [0.5, 0.6) is 11.5 Å². The summed E-state index contributed by atoms with van der Waals surface area (Å²) < 4.78 is 5.42. The Kier molecular flexibility index (Phi) is 1.52. The molecule has 1 aliphatic rings. The molecule has 0 aromatic heterocycles. The molecule has 4 aromatic rings. The molecule has 5 rings (SSSR count). The maximum atomic E-state index is 5.42. The zero-order chi connectivity index (χ0) is 12.4. The van der Waals surface area contributed by atoms with Crippen molar-refractivity contribution in [2.24, 2.45) is 0 Å². The van der Waals surface area contributed by atoms with Crippen molar-refractivity contribution in [2.45, 2.75) is 0 Å². The van der Waals surface area contributed by atoms with Crippen LogP contribution in [0.2, 0.25) is 0 Å². The van der Waals surface area contributed by atoms with Gasteiger partial charge in [-0.25, -0.2) is 0 Å². The van der Waals surface area contributed by atoms with Crippen LogP contribution in [0.25, 0.3) is 32.3 Å². The van der Waals surface area contributed by atoms with E-state index in [1.54, 1.807) is 0 Å². The second-order valence-electron chi connectivity index (χ2n) is 5.07. The van der Waals surface area contributed by atoms with Crippen LogP contribution in [-0.2, 0) is 0 Å². The van der Waals surface area contributed by atoms with Crippen LogP contribution in [-0.4, -0.2) is 0 Å². The maximum Gasteiger partial charge on any atom is 0.170 e. The molecule has 19 heavy (non-hydrogen) atoms. The molecule has 0 atom stereocenters. The van der Waals surface area contributed by atoms with Gasteiger partial charge in [0.25, 0.3) is 0 Å². The molecule has 0 fully saturated rings. The van der Waals surface area contributed by atoms with Crippen molar-refractivity contribution in [1.29, 1.82) is 0 Å². The van der Waals surface area contributed by atoms with Gasteiger partial charge < -0.3 is 4.74 Å². The molecule has 1 heteroatoms. The molecule has 0 unspecified atom stereocenters. The first-order chi connectivity index (χ1) is 9.40. The van der Waals surface area contributed by atoms with Crippen molar-refractivity contribution >= 4 is 32.3 Å². The molecule has 1 heterocycles. The first-order valence-corrected chi connectivity index (χ1v) is 6.46. The number of hydrogen-bond acceptors (Lipinski definition) is 1. The normalized spacial score (nSPS) is 12.6. The second kappa shape index (κ2) is 3.07. The summed E-state index contributed by atoms with van der Waals surface area (Å²) in [6, 6.07) is 21.6. The van der Waals surface area contributed by atoms with Crippen molar-refractivity contribution in [1.82, 2.24) is 0 Å². The average Bonchev–Trinajstić information content (AvgIpc) is 3.22. The summed E-state index contributed by atoms with van der Waals surface area (Å²) in [7, 11) is 0. The van der Waals surface area contributed by atoms with Crippen LogP contribution >= 0.6 is 0 Å². The summed E-state index contributed by atoms with van der Waals surface area (Å²) in [6.07, 6.45) is 0. The lowest BCUT2D eigenvalue weighted by atomic mass is 9.97. The highest BCUT2D eigenvalue weighted by Gasteiger charge is 2.20. The van der Waals surface area contributed by atoms with Crippen LogP contribution in [0, 0.1) is 0 Å². The van der Waals surface area contributed by atoms with E-state index in [4.69, 9.17) is 4.74 Å². The quantitative estimate of drug-likeness (QED) is 0.267. The summed E-state index contributed by atoms with van der Waals surface area (Å²) in [5, 5.41) is 7.74. The third kappa shape index (κ3) is 1.19. The molecule has 0 amide bonds. The third-order valence-corrected chi connectivity index (χ3v) is 3.98. The highest BCUT2D eigenvalue weighted by molar-refractivity contribution is 6.17. The minimum Gasteiger partial charge on any atom is -0.449 e. The average molecular weight is 242 g/mol. The summed E-state index contributed by atoms with van der Waals surface area (Å²) in [4.78, 5) is 0. The van der Waals surface area contributed by atoms with Gasteiger partial charge in [0.05, 0.1) is 0 Å². The standard InChI is InChI=1S/C18H10O/c1-2-4-13-11(3-1)5-7-15-14(13)8-6-12-9-17-18(19-17)10-16(12)15/h1-10H. The van der Waals surface area contributed by atoms with Crippen LogP contribution in [0.15, 0.2) is 60.7 Å². The minimum absolute atomic E-state index is 1.02. The van der Waals surface area contributed by atoms with Crippen molar-refractivity contribution in [3.05, 3.63) is 60.7 Å². The van der Waals surface area contributed by atoms with Gasteiger partial charge in [0.1, 0.15) is 0 Å². The molecular formula is C18H10O. The zero-order valence-corrected chi connectivity index (χ0v) is 10.2. The van der Waals surface area contributed by atoms with Gasteiger partial charge in [-0.15, -0.1) is 0 Å². The van der Waals surface area contributed by atoms with Gasteiger partial charge in [0.15, 0.2) is 11.5 Å². The molecule has 0 saturated heterocycles. The van der Waals surface area contributed by atoms with Gasteiger partial charge >= 0.3 is 0 Å². The summed E-state index contributed by atoms with van der Waals surface area (Å²) in [5.74, 6) is 2.04.